The Balaban J connectivity index is 4.81. The molecule has 0 radical (unpaired) electrons. The summed E-state index contributed by atoms with van der Waals surface area (Å²) in [6, 6.07) is 0. The van der Waals surface area contributed by atoms with E-state index in [9.17, 15) is 0 Å². The van der Waals surface area contributed by atoms with Gasteiger partial charge in [-0.2, -0.15) is 0 Å². The van der Waals surface area contributed by atoms with Crippen molar-refractivity contribution in [1.82, 2.24) is 0 Å². The van der Waals surface area contributed by atoms with E-state index in [1.165, 1.54) is 0 Å². The normalized spacial score (nSPS) is 33.2. The fourth-order valence-electron chi connectivity index (χ4n) is 0.187. The first-order chi connectivity index (χ1) is 5.56. The van der Waals surface area contributed by atoms with Crippen LogP contribution in [0.5, 0.6) is 0 Å². The summed E-state index contributed by atoms with van der Waals surface area (Å²) in [5.74, 6) is 0. The highest BCUT2D eigenvalue weighted by Crippen LogP contribution is 1.95. The quantitative estimate of drug-likeness (QED) is 0.503. The van der Waals surface area contributed by atoms with E-state index in [0.717, 1.165) is 0 Å². The van der Waals surface area contributed by atoms with E-state index < -0.39 is 19.6 Å². The Hall–Kier alpha value is 0. The molecule has 6 heavy (non-hydrogen) atoms. The van der Waals surface area contributed by atoms with Gasteiger partial charge in [0.15, 0.2) is 0 Å². The summed E-state index contributed by atoms with van der Waals surface area (Å²) < 4.78 is 49.7. The highest BCUT2D eigenvalue weighted by molar-refractivity contribution is 4.31. The lowest BCUT2D eigenvalue weighted by Crippen LogP contribution is -1.66. The van der Waals surface area contributed by atoms with E-state index in [1.54, 1.807) is 6.92 Å². The van der Waals surface area contributed by atoms with Crippen molar-refractivity contribution in [3.63, 3.8) is 0 Å². The fourth-order valence-corrected chi connectivity index (χ4v) is 0.187. The monoisotopic (exact) mass is 93.2 g/mol. The van der Waals surface area contributed by atoms with Crippen molar-refractivity contribution in [3.05, 3.63) is 0 Å². The van der Waals surface area contributed by atoms with Gasteiger partial charge in [-0.05, 0) is 0 Å². The second-order valence-corrected chi connectivity index (χ2v) is 1.05. The second-order valence-electron chi connectivity index (χ2n) is 1.05. The molecule has 0 amide bonds. The molecule has 0 atom stereocenters. The summed E-state index contributed by atoms with van der Waals surface area (Å²) in [6.07, 6.45) is -4.75. The highest BCUT2D eigenvalue weighted by atomic mass is 13.8. The van der Waals surface area contributed by atoms with Crippen molar-refractivity contribution < 1.29 is 9.60 Å². The van der Waals surface area contributed by atoms with E-state index in [0.29, 0.717) is 6.42 Å². The van der Waals surface area contributed by atoms with Crippen molar-refractivity contribution in [2.24, 2.45) is 0 Å². The van der Waals surface area contributed by atoms with Gasteiger partial charge in [-0.25, -0.2) is 0 Å². The van der Waals surface area contributed by atoms with Crippen LogP contribution in [-0.4, -0.2) is 0 Å². The molecule has 0 aromatic heterocycles. The van der Waals surface area contributed by atoms with Crippen LogP contribution < -0.4 is 0 Å². The number of hydrogen-bond donors (Lipinski definition) is 0. The third-order valence-corrected chi connectivity index (χ3v) is 0.463. The van der Waals surface area contributed by atoms with Crippen molar-refractivity contribution in [1.29, 1.82) is 0 Å². The Morgan fingerprint density at radius 2 is 2.67 bits per heavy atom. The molecule has 0 heteroatoms. The first-order valence-corrected chi connectivity index (χ1v) is 2.06. The van der Waals surface area contributed by atoms with Gasteiger partial charge < -0.3 is 0 Å². The molecule has 0 aliphatic rings. The first kappa shape index (κ1) is 1.04. The molecule has 0 nitrogen and oxygen atoms in total. The zero-order valence-electron chi connectivity index (χ0n) is 10.9. The lowest BCUT2D eigenvalue weighted by molar-refractivity contribution is 0.702. The predicted octanol–water partition coefficient (Wildman–Crippen LogP) is 2.59. The Labute approximate surface area is 50.4 Å². The van der Waals surface area contributed by atoms with Crippen LogP contribution >= 0.6 is 0 Å². The maximum atomic E-state index is 7.32. The largest absolute Gasteiger partial charge is 0.0654 e. The van der Waals surface area contributed by atoms with Crippen molar-refractivity contribution in [2.75, 3.05) is 0 Å². The third-order valence-electron chi connectivity index (χ3n) is 0.463. The Morgan fingerprint density at radius 1 is 1.83 bits per heavy atom. The molecule has 38 valence electrons. The number of hydrogen-bond acceptors (Lipinski definition) is 0. The van der Waals surface area contributed by atoms with E-state index in [4.69, 9.17) is 9.60 Å². The van der Waals surface area contributed by atoms with Gasteiger partial charge in [0.2, 0.25) is 0 Å². The van der Waals surface area contributed by atoms with Gasteiger partial charge in [0.05, 0.1) is 0 Å². The molecule has 0 aliphatic carbocycles. The summed E-state index contributed by atoms with van der Waals surface area (Å²) in [5.41, 5.74) is 0. The zero-order chi connectivity index (χ0) is 10.9. The van der Waals surface area contributed by atoms with Gasteiger partial charge in [0, 0.05) is 9.60 Å². The first-order valence-electron chi connectivity index (χ1n) is 5.56. The minimum Gasteiger partial charge on any atom is -0.0654 e. The molecule has 0 saturated heterocycles. The van der Waals surface area contributed by atoms with Crippen LogP contribution in [0.2, 0.25) is 0 Å². The van der Waals surface area contributed by atoms with Gasteiger partial charge in [0.1, 0.15) is 0 Å². The molecule has 0 bridgehead atoms. The van der Waals surface area contributed by atoms with Crippen LogP contribution in [0.1, 0.15) is 49.0 Å². The fraction of sp³-hybridized carbons (Fsp3) is 1.00. The van der Waals surface area contributed by atoms with Gasteiger partial charge >= 0.3 is 0 Å². The topological polar surface area (TPSA) is 0 Å². The van der Waals surface area contributed by atoms with Crippen molar-refractivity contribution in [2.45, 2.75) is 39.4 Å². The molecule has 0 aromatic rings. The molecule has 0 spiro atoms. The average molecular weight is 93.2 g/mol. The molecule has 0 unspecified atom stereocenters. The summed E-state index contributed by atoms with van der Waals surface area (Å²) in [7, 11) is 0. The van der Waals surface area contributed by atoms with Gasteiger partial charge in [-0.15, -0.1) is 0 Å². The third kappa shape index (κ3) is 4.00. The minimum atomic E-state index is -2.91. The van der Waals surface area contributed by atoms with E-state index in [-0.39, 0.29) is 6.42 Å². The van der Waals surface area contributed by atoms with Gasteiger partial charge in [-0.1, -0.05) is 39.4 Å². The molecule has 0 rings (SSSR count). The Bertz CT molecular complexity index is 168. The van der Waals surface area contributed by atoms with Crippen molar-refractivity contribution in [3.8, 4) is 0 Å². The van der Waals surface area contributed by atoms with Crippen LogP contribution in [0, 0.1) is 0 Å². The van der Waals surface area contributed by atoms with Crippen LogP contribution in [0.3, 0.4) is 0 Å². The maximum Gasteiger partial charge on any atom is 0.0266 e. The second kappa shape index (κ2) is 5.00. The maximum absolute atomic E-state index is 7.32. The molecular weight excluding hydrogens is 72.1 g/mol. The zero-order valence-corrected chi connectivity index (χ0v) is 3.91. The molecule has 0 N–H and O–H groups in total. The number of rotatable bonds is 3. The molecule has 0 saturated carbocycles. The summed E-state index contributed by atoms with van der Waals surface area (Å²) in [4.78, 5) is 0. The van der Waals surface area contributed by atoms with E-state index in [2.05, 4.69) is 0 Å². The van der Waals surface area contributed by atoms with Crippen LogP contribution in [0.4, 0.5) is 0 Å². The molecular formula is C6H14. The minimum absolute atomic E-state index is 0.0849. The van der Waals surface area contributed by atoms with Crippen LogP contribution in [-0.2, 0) is 0 Å². The smallest absolute Gasteiger partial charge is 0.0266 e. The van der Waals surface area contributed by atoms with E-state index >= 15 is 0 Å². The molecule has 0 aromatic carbocycles. The summed E-state index contributed by atoms with van der Waals surface area (Å²) in [6.45, 7) is -1.22. The molecule has 0 aliphatic heterocycles. The van der Waals surface area contributed by atoms with Crippen LogP contribution in [0.15, 0.2) is 0 Å². The lowest BCUT2D eigenvalue weighted by Gasteiger charge is -1.86. The van der Waals surface area contributed by atoms with Crippen molar-refractivity contribution >= 4 is 0 Å². The Kier molecular flexibility index (Phi) is 0.868. The molecule has 0 fully saturated rings. The van der Waals surface area contributed by atoms with Gasteiger partial charge in [0.25, 0.3) is 0 Å². The lowest BCUT2D eigenvalue weighted by atomic mass is 10.2. The van der Waals surface area contributed by atoms with E-state index in [1.807, 2.05) is 0 Å². The van der Waals surface area contributed by atoms with Gasteiger partial charge in [-0.3, -0.25) is 0 Å². The summed E-state index contributed by atoms with van der Waals surface area (Å²) in [5, 5.41) is 0. The summed E-state index contributed by atoms with van der Waals surface area (Å²) >= 11 is 0. The standard InChI is InChI=1S/C6H14/c1-3-5-6-4-2/h3-6H2,1-2H3/i1D3,3D2,5D2. The average Bonchev–Trinajstić information content (AvgIpc) is 1.84. The Morgan fingerprint density at radius 3 is 3.17 bits per heavy atom. The highest BCUT2D eigenvalue weighted by Gasteiger charge is 1.75. The van der Waals surface area contributed by atoms with Crippen LogP contribution in [0.25, 0.3) is 0 Å². The predicted molar refractivity (Wildman–Crippen MR) is 29.8 cm³/mol. The SMILES string of the molecule is [2H]C([2H])([2H])C([2H])([2H])C([2H])([2H])CCC. The molecule has 0 heterocycles.